The number of amides is 1. The zero-order valence-corrected chi connectivity index (χ0v) is 14.4. The topological polar surface area (TPSA) is 64.0 Å². The summed E-state index contributed by atoms with van der Waals surface area (Å²) in [6.45, 7) is 4.65. The zero-order valence-electron chi connectivity index (χ0n) is 12.7. The summed E-state index contributed by atoms with van der Waals surface area (Å²) in [6, 6.07) is 0. The minimum Gasteiger partial charge on any atom is -0.354 e. The Balaban J connectivity index is 1.73. The number of thiophene rings is 1. The summed E-state index contributed by atoms with van der Waals surface area (Å²) >= 11 is 3.45. The van der Waals surface area contributed by atoms with Crippen LogP contribution in [0.3, 0.4) is 0 Å². The number of aromatic nitrogens is 2. The van der Waals surface area contributed by atoms with Crippen LogP contribution in [-0.2, 0) is 11.3 Å². The Kier molecular flexibility index (Phi) is 4.54. The van der Waals surface area contributed by atoms with E-state index < -0.39 is 0 Å². The summed E-state index contributed by atoms with van der Waals surface area (Å²) in [4.78, 5) is 30.7. The summed E-state index contributed by atoms with van der Waals surface area (Å²) in [6.07, 6.45) is 2.64. The largest absolute Gasteiger partial charge is 0.354 e. The van der Waals surface area contributed by atoms with Gasteiger partial charge in [0.1, 0.15) is 11.4 Å². The van der Waals surface area contributed by atoms with E-state index in [1.54, 1.807) is 0 Å². The second kappa shape index (κ2) is 6.42. The third-order valence-electron chi connectivity index (χ3n) is 4.08. The number of hydrogen-bond acceptors (Lipinski definition) is 5. The fraction of sp³-hybridized carbons (Fsp3) is 0.533. The van der Waals surface area contributed by atoms with Crippen LogP contribution in [-0.4, -0.2) is 33.5 Å². The number of fused-ring (bicyclic) bond motifs is 1. The van der Waals surface area contributed by atoms with Crippen LogP contribution >= 0.6 is 23.1 Å². The van der Waals surface area contributed by atoms with Gasteiger partial charge in [-0.05, 0) is 43.3 Å². The Labute approximate surface area is 137 Å². The summed E-state index contributed by atoms with van der Waals surface area (Å²) in [5.41, 5.74) is 0.841. The van der Waals surface area contributed by atoms with E-state index in [1.807, 2.05) is 25.6 Å². The van der Waals surface area contributed by atoms with Gasteiger partial charge in [0.15, 0.2) is 0 Å². The molecule has 1 aliphatic rings. The number of carbonyl (C=O) groups excluding carboxylic acids is 1. The van der Waals surface area contributed by atoms with Crippen molar-refractivity contribution in [2.75, 3.05) is 18.1 Å². The molecule has 2 aromatic heterocycles. The van der Waals surface area contributed by atoms with E-state index in [0.29, 0.717) is 17.8 Å². The molecule has 1 fully saturated rings. The Bertz CT molecular complexity index is 760. The molecule has 0 bridgehead atoms. The second-order valence-electron chi connectivity index (χ2n) is 5.67. The Morgan fingerprint density at radius 1 is 1.50 bits per heavy atom. The third-order valence-corrected chi connectivity index (χ3v) is 6.43. The average molecular weight is 337 g/mol. The van der Waals surface area contributed by atoms with Crippen LogP contribution in [0.25, 0.3) is 10.2 Å². The van der Waals surface area contributed by atoms with E-state index in [1.165, 1.54) is 28.0 Å². The fourth-order valence-electron chi connectivity index (χ4n) is 2.60. The molecule has 0 radical (unpaired) electrons. The molecule has 0 aromatic carbocycles. The van der Waals surface area contributed by atoms with Crippen molar-refractivity contribution in [2.45, 2.75) is 26.8 Å². The standard InChI is InChI=1S/C15H19N3O2S2/c1-9-10(2)22-14-13(9)15(20)18(8-17-14)6-12(19)16-5-11-3-4-21-7-11/h8,11H,3-7H2,1-2H3,(H,16,19). The molecule has 0 saturated carbocycles. The summed E-state index contributed by atoms with van der Waals surface area (Å²) in [5.74, 6) is 2.73. The average Bonchev–Trinajstić information content (AvgIpc) is 3.09. The van der Waals surface area contributed by atoms with Crippen molar-refractivity contribution in [1.29, 1.82) is 0 Å². The lowest BCUT2D eigenvalue weighted by atomic mass is 10.1. The van der Waals surface area contributed by atoms with Crippen molar-refractivity contribution in [3.05, 3.63) is 27.1 Å². The lowest BCUT2D eigenvalue weighted by Crippen LogP contribution is -2.35. The predicted molar refractivity (Wildman–Crippen MR) is 91.8 cm³/mol. The molecule has 0 spiro atoms. The first-order valence-corrected chi connectivity index (χ1v) is 9.33. The quantitative estimate of drug-likeness (QED) is 0.926. The Morgan fingerprint density at radius 2 is 2.32 bits per heavy atom. The van der Waals surface area contributed by atoms with E-state index in [2.05, 4.69) is 10.3 Å². The lowest BCUT2D eigenvalue weighted by Gasteiger charge is -2.11. The van der Waals surface area contributed by atoms with Crippen LogP contribution in [0, 0.1) is 19.8 Å². The highest BCUT2D eigenvalue weighted by molar-refractivity contribution is 7.99. The van der Waals surface area contributed by atoms with Gasteiger partial charge in [-0.15, -0.1) is 11.3 Å². The molecule has 7 heteroatoms. The number of hydrogen-bond donors (Lipinski definition) is 1. The predicted octanol–water partition coefficient (Wildman–Crippen LogP) is 1.94. The number of carbonyl (C=O) groups is 1. The van der Waals surface area contributed by atoms with Crippen LogP contribution in [0.2, 0.25) is 0 Å². The Morgan fingerprint density at radius 3 is 3.05 bits per heavy atom. The minimum absolute atomic E-state index is 0.0377. The van der Waals surface area contributed by atoms with Gasteiger partial charge in [0.05, 0.1) is 11.7 Å². The highest BCUT2D eigenvalue weighted by Gasteiger charge is 2.17. The molecule has 3 heterocycles. The van der Waals surface area contributed by atoms with Crippen LogP contribution < -0.4 is 10.9 Å². The molecule has 1 amide bonds. The highest BCUT2D eigenvalue weighted by atomic mass is 32.2. The van der Waals surface area contributed by atoms with Crippen molar-refractivity contribution < 1.29 is 4.79 Å². The zero-order chi connectivity index (χ0) is 15.7. The van der Waals surface area contributed by atoms with Gasteiger partial charge in [-0.25, -0.2) is 4.98 Å². The van der Waals surface area contributed by atoms with Crippen molar-refractivity contribution in [1.82, 2.24) is 14.9 Å². The van der Waals surface area contributed by atoms with E-state index in [9.17, 15) is 9.59 Å². The smallest absolute Gasteiger partial charge is 0.262 e. The number of rotatable bonds is 4. The third kappa shape index (κ3) is 3.05. The molecule has 1 atom stereocenters. The second-order valence-corrected chi connectivity index (χ2v) is 8.03. The van der Waals surface area contributed by atoms with E-state index in [4.69, 9.17) is 0 Å². The van der Waals surface area contributed by atoms with Gasteiger partial charge in [0, 0.05) is 11.4 Å². The fourth-order valence-corrected chi connectivity index (χ4v) is 4.87. The number of aryl methyl sites for hydroxylation is 2. The molecule has 1 unspecified atom stereocenters. The molecule has 22 heavy (non-hydrogen) atoms. The number of thioether (sulfide) groups is 1. The van der Waals surface area contributed by atoms with Gasteiger partial charge in [0.25, 0.3) is 5.56 Å². The van der Waals surface area contributed by atoms with Gasteiger partial charge in [-0.3, -0.25) is 14.2 Å². The molecular weight excluding hydrogens is 318 g/mol. The van der Waals surface area contributed by atoms with Gasteiger partial charge < -0.3 is 5.32 Å². The molecule has 3 rings (SSSR count). The minimum atomic E-state index is -0.126. The monoisotopic (exact) mass is 337 g/mol. The van der Waals surface area contributed by atoms with Crippen molar-refractivity contribution in [3.63, 3.8) is 0 Å². The van der Waals surface area contributed by atoms with Crippen molar-refractivity contribution >= 4 is 39.2 Å². The highest BCUT2D eigenvalue weighted by Crippen LogP contribution is 2.25. The van der Waals surface area contributed by atoms with E-state index in [0.717, 1.165) is 27.4 Å². The maximum absolute atomic E-state index is 12.5. The maximum atomic E-state index is 12.5. The SMILES string of the molecule is Cc1sc2ncn(CC(=O)NCC3CCSC3)c(=O)c2c1C. The van der Waals surface area contributed by atoms with Crippen molar-refractivity contribution in [3.8, 4) is 0 Å². The summed E-state index contributed by atoms with van der Waals surface area (Å²) in [7, 11) is 0. The van der Waals surface area contributed by atoms with Crippen LogP contribution in [0.4, 0.5) is 0 Å². The number of nitrogens with one attached hydrogen (secondary N) is 1. The van der Waals surface area contributed by atoms with Crippen molar-refractivity contribution in [2.24, 2.45) is 5.92 Å². The maximum Gasteiger partial charge on any atom is 0.262 e. The van der Waals surface area contributed by atoms with Gasteiger partial charge in [-0.2, -0.15) is 11.8 Å². The molecule has 1 aliphatic heterocycles. The molecule has 1 saturated heterocycles. The van der Waals surface area contributed by atoms with Gasteiger partial charge in [-0.1, -0.05) is 0 Å². The molecule has 1 N–H and O–H groups in total. The van der Waals surface area contributed by atoms with E-state index >= 15 is 0 Å². The normalized spacial score (nSPS) is 18.0. The van der Waals surface area contributed by atoms with Crippen LogP contribution in [0.1, 0.15) is 16.9 Å². The summed E-state index contributed by atoms with van der Waals surface area (Å²) < 4.78 is 1.40. The molecule has 118 valence electrons. The molecule has 0 aliphatic carbocycles. The molecular formula is C15H19N3O2S2. The van der Waals surface area contributed by atoms with Gasteiger partial charge >= 0.3 is 0 Å². The first-order valence-electron chi connectivity index (χ1n) is 7.36. The first kappa shape index (κ1) is 15.6. The lowest BCUT2D eigenvalue weighted by molar-refractivity contribution is -0.121. The summed E-state index contributed by atoms with van der Waals surface area (Å²) in [5, 5.41) is 3.57. The van der Waals surface area contributed by atoms with Gasteiger partial charge in [0.2, 0.25) is 5.91 Å². The Hall–Kier alpha value is -1.34. The van der Waals surface area contributed by atoms with Crippen LogP contribution in [0.15, 0.2) is 11.1 Å². The molecule has 5 nitrogen and oxygen atoms in total. The van der Waals surface area contributed by atoms with E-state index in [-0.39, 0.29) is 18.0 Å². The number of nitrogens with zero attached hydrogens (tertiary/aromatic N) is 2. The van der Waals surface area contributed by atoms with Crippen LogP contribution in [0.5, 0.6) is 0 Å². The first-order chi connectivity index (χ1) is 10.6. The molecule has 2 aromatic rings.